The minimum absolute atomic E-state index is 0.0558. The maximum absolute atomic E-state index is 12.3. The van der Waals surface area contributed by atoms with E-state index in [2.05, 4.69) is 52.6 Å². The molecular formula is C28H29NO4. The monoisotopic (exact) mass is 443 g/mol. The zero-order valence-electron chi connectivity index (χ0n) is 19.8. The van der Waals surface area contributed by atoms with Crippen LogP contribution in [0.1, 0.15) is 73.4 Å². The Hall–Kier alpha value is -3.60. The van der Waals surface area contributed by atoms with E-state index >= 15 is 0 Å². The molecule has 0 saturated heterocycles. The van der Waals surface area contributed by atoms with Gasteiger partial charge in [-0.1, -0.05) is 59.7 Å². The summed E-state index contributed by atoms with van der Waals surface area (Å²) in [5.74, 6) is -2.18. The summed E-state index contributed by atoms with van der Waals surface area (Å²) in [5, 5.41) is 21.7. The van der Waals surface area contributed by atoms with Crippen molar-refractivity contribution in [3.8, 4) is 11.1 Å². The smallest absolute Gasteiger partial charge is 0.336 e. The highest BCUT2D eigenvalue weighted by molar-refractivity contribution is 6.15. The number of carboxylic acids is 2. The second-order valence-electron chi connectivity index (χ2n) is 10.6. The van der Waals surface area contributed by atoms with E-state index in [1.54, 1.807) is 0 Å². The van der Waals surface area contributed by atoms with E-state index < -0.39 is 11.9 Å². The topological polar surface area (TPSA) is 90.4 Å². The van der Waals surface area contributed by atoms with Crippen molar-refractivity contribution in [2.75, 3.05) is 0 Å². The number of para-hydroxylation sites is 1. The van der Waals surface area contributed by atoms with Crippen molar-refractivity contribution in [3.63, 3.8) is 0 Å². The summed E-state index contributed by atoms with van der Waals surface area (Å²) in [6, 6.07) is 14.4. The van der Waals surface area contributed by atoms with E-state index in [4.69, 9.17) is 0 Å². The number of hydrogen-bond donors (Lipinski definition) is 3. The first-order valence-corrected chi connectivity index (χ1v) is 11.0. The van der Waals surface area contributed by atoms with E-state index in [1.165, 1.54) is 18.2 Å². The first kappa shape index (κ1) is 22.6. The largest absolute Gasteiger partial charge is 0.478 e. The van der Waals surface area contributed by atoms with E-state index in [0.29, 0.717) is 5.56 Å². The predicted molar refractivity (Wildman–Crippen MR) is 133 cm³/mol. The molecule has 3 aromatic carbocycles. The number of fused-ring (bicyclic) bond motifs is 3. The van der Waals surface area contributed by atoms with Crippen LogP contribution in [-0.4, -0.2) is 27.1 Å². The Labute approximate surface area is 193 Å². The third-order valence-corrected chi connectivity index (χ3v) is 6.13. The number of carbonyl (C=O) groups is 2. The van der Waals surface area contributed by atoms with Gasteiger partial charge in [-0.25, -0.2) is 9.59 Å². The minimum atomic E-state index is -1.09. The molecule has 0 amide bonds. The van der Waals surface area contributed by atoms with E-state index in [9.17, 15) is 19.8 Å². The quantitative estimate of drug-likeness (QED) is 0.319. The van der Waals surface area contributed by atoms with Crippen molar-refractivity contribution in [1.29, 1.82) is 0 Å². The molecule has 0 bridgehead atoms. The van der Waals surface area contributed by atoms with Crippen LogP contribution in [0, 0.1) is 0 Å². The van der Waals surface area contributed by atoms with E-state index in [1.807, 2.05) is 24.3 Å². The van der Waals surface area contributed by atoms with E-state index in [0.717, 1.165) is 38.5 Å². The summed E-state index contributed by atoms with van der Waals surface area (Å²) >= 11 is 0. The fraction of sp³-hybridized carbons (Fsp3) is 0.286. The fourth-order valence-electron chi connectivity index (χ4n) is 4.70. The molecule has 0 fully saturated rings. The SMILES string of the molecule is CC(C)(C)c1cc2c([nH]c3ccccc32)c(-c2cc(C(=O)O)ccc2C(=O)O)c1C(C)(C)C. The lowest BCUT2D eigenvalue weighted by Gasteiger charge is -2.33. The van der Waals surface area contributed by atoms with Crippen LogP contribution in [0.2, 0.25) is 0 Å². The Balaban J connectivity index is 2.33. The maximum Gasteiger partial charge on any atom is 0.336 e. The molecule has 4 aromatic rings. The second kappa shape index (κ2) is 7.48. The average Bonchev–Trinajstić information content (AvgIpc) is 3.09. The van der Waals surface area contributed by atoms with Crippen molar-refractivity contribution in [2.24, 2.45) is 0 Å². The van der Waals surface area contributed by atoms with E-state index in [-0.39, 0.29) is 22.0 Å². The van der Waals surface area contributed by atoms with Crippen LogP contribution < -0.4 is 0 Å². The van der Waals surface area contributed by atoms with Crippen LogP contribution >= 0.6 is 0 Å². The molecule has 5 heteroatoms. The number of benzene rings is 3. The summed E-state index contributed by atoms with van der Waals surface area (Å²) in [6.45, 7) is 12.8. The highest BCUT2D eigenvalue weighted by atomic mass is 16.4. The molecule has 0 saturated carbocycles. The normalized spacial score (nSPS) is 12.4. The van der Waals surface area contributed by atoms with Gasteiger partial charge in [0.1, 0.15) is 0 Å². The molecule has 33 heavy (non-hydrogen) atoms. The van der Waals surface area contributed by atoms with Gasteiger partial charge in [0.2, 0.25) is 0 Å². The third-order valence-electron chi connectivity index (χ3n) is 6.13. The molecule has 1 aromatic heterocycles. The fourth-order valence-corrected chi connectivity index (χ4v) is 4.70. The van der Waals surface area contributed by atoms with Gasteiger partial charge in [0.15, 0.2) is 0 Å². The zero-order valence-corrected chi connectivity index (χ0v) is 19.8. The lowest BCUT2D eigenvalue weighted by atomic mass is 9.71. The molecule has 0 spiro atoms. The standard InChI is InChI=1S/C28H29NO4/c1-27(2,3)20-14-19-16-9-7-8-10-21(16)29-24(19)22(23(20)28(4,5)6)18-13-15(25(30)31)11-12-17(18)26(32)33/h7-14,29H,1-6H3,(H,30,31)(H,32,33). The molecule has 0 aliphatic heterocycles. The molecule has 1 heterocycles. The molecule has 0 radical (unpaired) electrons. The molecule has 0 atom stereocenters. The summed E-state index contributed by atoms with van der Waals surface area (Å²) in [5.41, 5.74) is 4.63. The van der Waals surface area contributed by atoms with Gasteiger partial charge in [0, 0.05) is 21.9 Å². The number of nitrogens with one attached hydrogen (secondary N) is 1. The second-order valence-corrected chi connectivity index (χ2v) is 10.6. The first-order valence-electron chi connectivity index (χ1n) is 11.0. The van der Waals surface area contributed by atoms with Gasteiger partial charge in [0.05, 0.1) is 16.6 Å². The lowest BCUT2D eigenvalue weighted by Crippen LogP contribution is -2.23. The molecule has 0 unspecified atom stereocenters. The highest BCUT2D eigenvalue weighted by Crippen LogP contribution is 2.47. The lowest BCUT2D eigenvalue weighted by molar-refractivity contribution is 0.0682. The van der Waals surface area contributed by atoms with Gasteiger partial charge in [-0.15, -0.1) is 0 Å². The average molecular weight is 444 g/mol. The number of hydrogen-bond acceptors (Lipinski definition) is 2. The van der Waals surface area contributed by atoms with Gasteiger partial charge in [-0.05, 0) is 57.9 Å². The van der Waals surface area contributed by atoms with Gasteiger partial charge in [-0.2, -0.15) is 0 Å². The summed E-state index contributed by atoms with van der Waals surface area (Å²) in [7, 11) is 0. The van der Waals surface area contributed by atoms with Crippen molar-refractivity contribution in [3.05, 3.63) is 70.8 Å². The van der Waals surface area contributed by atoms with Crippen molar-refractivity contribution >= 4 is 33.7 Å². The van der Waals surface area contributed by atoms with Crippen molar-refractivity contribution in [2.45, 2.75) is 52.4 Å². The number of aromatic amines is 1. The molecule has 4 rings (SSSR count). The molecule has 5 nitrogen and oxygen atoms in total. The van der Waals surface area contributed by atoms with Gasteiger partial charge in [-0.3, -0.25) is 0 Å². The minimum Gasteiger partial charge on any atom is -0.478 e. The molecule has 170 valence electrons. The van der Waals surface area contributed by atoms with Crippen LogP contribution in [0.4, 0.5) is 0 Å². The Morgan fingerprint density at radius 3 is 2.03 bits per heavy atom. The maximum atomic E-state index is 12.3. The highest BCUT2D eigenvalue weighted by Gasteiger charge is 2.32. The molecule has 3 N–H and O–H groups in total. The van der Waals surface area contributed by atoms with Crippen LogP contribution in [-0.2, 0) is 10.8 Å². The zero-order chi connectivity index (χ0) is 24.3. The first-order chi connectivity index (χ1) is 15.3. The molecule has 0 aliphatic rings. The predicted octanol–water partition coefficient (Wildman–Crippen LogP) is 6.98. The van der Waals surface area contributed by atoms with Crippen LogP contribution in [0.3, 0.4) is 0 Å². The Morgan fingerprint density at radius 1 is 0.788 bits per heavy atom. The number of aromatic nitrogens is 1. The number of rotatable bonds is 3. The van der Waals surface area contributed by atoms with Gasteiger partial charge < -0.3 is 15.2 Å². The van der Waals surface area contributed by atoms with Crippen molar-refractivity contribution < 1.29 is 19.8 Å². The van der Waals surface area contributed by atoms with Gasteiger partial charge >= 0.3 is 11.9 Å². The van der Waals surface area contributed by atoms with Crippen LogP contribution in [0.5, 0.6) is 0 Å². The summed E-state index contributed by atoms with van der Waals surface area (Å²) in [6.07, 6.45) is 0. The van der Waals surface area contributed by atoms with Crippen molar-refractivity contribution in [1.82, 2.24) is 4.98 Å². The Morgan fingerprint density at radius 2 is 1.45 bits per heavy atom. The van der Waals surface area contributed by atoms with Gasteiger partial charge in [0.25, 0.3) is 0 Å². The third kappa shape index (κ3) is 3.78. The number of carboxylic acid groups (broad SMARTS) is 2. The summed E-state index contributed by atoms with van der Waals surface area (Å²) < 4.78 is 0. The Bertz CT molecular complexity index is 1430. The molecular weight excluding hydrogens is 414 g/mol. The van der Waals surface area contributed by atoms with Crippen LogP contribution in [0.25, 0.3) is 32.9 Å². The number of aromatic carboxylic acids is 2. The van der Waals surface area contributed by atoms with Crippen LogP contribution in [0.15, 0.2) is 48.5 Å². The Kier molecular flexibility index (Phi) is 5.12. The summed E-state index contributed by atoms with van der Waals surface area (Å²) in [4.78, 5) is 27.6. The number of H-pyrrole nitrogens is 1. The molecule has 0 aliphatic carbocycles.